The highest BCUT2D eigenvalue weighted by Crippen LogP contribution is 2.37. The average Bonchev–Trinajstić information content (AvgIpc) is 2.40. The molecule has 0 aromatic heterocycles. The van der Waals surface area contributed by atoms with Gasteiger partial charge in [-0.1, -0.05) is 19.1 Å². The maximum atomic E-state index is 10.9. The van der Waals surface area contributed by atoms with Crippen LogP contribution in [0.2, 0.25) is 0 Å². The molecule has 82 valence electrons. The summed E-state index contributed by atoms with van der Waals surface area (Å²) in [5.74, 6) is -0.0865. The minimum Gasteiger partial charge on any atom is -0.212 e. The van der Waals surface area contributed by atoms with Crippen molar-refractivity contribution in [3.05, 3.63) is 29.3 Å². The van der Waals surface area contributed by atoms with E-state index in [0.29, 0.717) is 5.25 Å². The number of hydrogen-bond acceptors (Lipinski definition) is 3. The highest BCUT2D eigenvalue weighted by molar-refractivity contribution is 8.13. The van der Waals surface area contributed by atoms with Gasteiger partial charge in [-0.25, -0.2) is 8.42 Å². The van der Waals surface area contributed by atoms with Gasteiger partial charge in [0.2, 0.25) is 9.05 Å². The van der Waals surface area contributed by atoms with Crippen LogP contribution in [0.4, 0.5) is 0 Å². The maximum absolute atomic E-state index is 10.9. The van der Waals surface area contributed by atoms with Gasteiger partial charge in [0.05, 0.1) is 5.75 Å². The molecule has 0 bridgehead atoms. The molecule has 2 rings (SSSR count). The molecule has 1 aliphatic heterocycles. The summed E-state index contributed by atoms with van der Waals surface area (Å²) < 4.78 is 21.8. The smallest absolute Gasteiger partial charge is 0.212 e. The number of benzene rings is 1. The fourth-order valence-electron chi connectivity index (χ4n) is 1.73. The first kappa shape index (κ1) is 11.3. The van der Waals surface area contributed by atoms with Gasteiger partial charge in [0.25, 0.3) is 0 Å². The van der Waals surface area contributed by atoms with Gasteiger partial charge in [-0.05, 0) is 23.6 Å². The Labute approximate surface area is 98.4 Å². The van der Waals surface area contributed by atoms with Gasteiger partial charge in [0.1, 0.15) is 0 Å². The number of fused-ring (bicyclic) bond motifs is 1. The molecule has 0 aliphatic carbocycles. The predicted molar refractivity (Wildman–Crippen MR) is 63.9 cm³/mol. The molecule has 1 atom stereocenters. The van der Waals surface area contributed by atoms with Crippen LogP contribution in [0.15, 0.2) is 23.1 Å². The Morgan fingerprint density at radius 2 is 2.27 bits per heavy atom. The van der Waals surface area contributed by atoms with Gasteiger partial charge in [-0.15, -0.1) is 11.8 Å². The van der Waals surface area contributed by atoms with Crippen LogP contribution in [0, 0.1) is 0 Å². The van der Waals surface area contributed by atoms with Crippen molar-refractivity contribution < 1.29 is 8.42 Å². The summed E-state index contributed by atoms with van der Waals surface area (Å²) in [5, 5.41) is 0.586. The minimum atomic E-state index is -3.45. The van der Waals surface area contributed by atoms with Crippen molar-refractivity contribution in [2.75, 3.05) is 0 Å². The highest BCUT2D eigenvalue weighted by Gasteiger charge is 2.19. The van der Waals surface area contributed by atoms with Gasteiger partial charge in [-0.2, -0.15) is 0 Å². The largest absolute Gasteiger partial charge is 0.236 e. The minimum absolute atomic E-state index is 0.0865. The maximum Gasteiger partial charge on any atom is 0.236 e. The standard InChI is InChI=1S/C10H11ClO2S2/c1-7-4-9-3-2-8(5-10(9)14-7)6-15(11,12)13/h2-3,5,7H,4,6H2,1H3. The summed E-state index contributed by atoms with van der Waals surface area (Å²) in [6.07, 6.45) is 1.06. The lowest BCUT2D eigenvalue weighted by Crippen LogP contribution is -1.95. The normalized spacial score (nSPS) is 20.3. The van der Waals surface area contributed by atoms with E-state index in [4.69, 9.17) is 10.7 Å². The first-order chi connectivity index (χ1) is 6.94. The van der Waals surface area contributed by atoms with Crippen molar-refractivity contribution in [1.29, 1.82) is 0 Å². The van der Waals surface area contributed by atoms with Crippen LogP contribution in [0.5, 0.6) is 0 Å². The predicted octanol–water partition coefficient (Wildman–Crippen LogP) is 2.79. The van der Waals surface area contributed by atoms with Crippen LogP contribution >= 0.6 is 22.4 Å². The molecule has 0 N–H and O–H groups in total. The van der Waals surface area contributed by atoms with Crippen molar-refractivity contribution >= 4 is 31.5 Å². The molecule has 0 radical (unpaired) electrons. The van der Waals surface area contributed by atoms with E-state index in [9.17, 15) is 8.42 Å². The molecule has 2 nitrogen and oxygen atoms in total. The Morgan fingerprint density at radius 1 is 1.53 bits per heavy atom. The fraction of sp³-hybridized carbons (Fsp3) is 0.400. The monoisotopic (exact) mass is 262 g/mol. The Bertz CT molecular complexity index is 482. The molecule has 5 heteroatoms. The van der Waals surface area contributed by atoms with E-state index >= 15 is 0 Å². The first-order valence-corrected chi connectivity index (χ1v) is 8.00. The SMILES string of the molecule is CC1Cc2ccc(CS(=O)(=O)Cl)cc2S1. The third kappa shape index (κ3) is 2.89. The van der Waals surface area contributed by atoms with Crippen LogP contribution in [0.3, 0.4) is 0 Å². The van der Waals surface area contributed by atoms with Crippen LogP contribution in [-0.2, 0) is 21.2 Å². The molecule has 0 amide bonds. The molecule has 1 aromatic carbocycles. The van der Waals surface area contributed by atoms with Gasteiger partial charge >= 0.3 is 0 Å². The molecule has 1 unspecified atom stereocenters. The molecule has 15 heavy (non-hydrogen) atoms. The van der Waals surface area contributed by atoms with E-state index in [1.165, 1.54) is 10.5 Å². The van der Waals surface area contributed by atoms with E-state index < -0.39 is 9.05 Å². The summed E-state index contributed by atoms with van der Waals surface area (Å²) in [5.41, 5.74) is 2.08. The van der Waals surface area contributed by atoms with E-state index in [0.717, 1.165) is 12.0 Å². The zero-order valence-corrected chi connectivity index (χ0v) is 10.6. The van der Waals surface area contributed by atoms with Gasteiger partial charge < -0.3 is 0 Å². The molecule has 0 fully saturated rings. The molecule has 1 aliphatic rings. The molecule has 0 saturated carbocycles. The fourth-order valence-corrected chi connectivity index (χ4v) is 3.91. The Morgan fingerprint density at radius 3 is 2.93 bits per heavy atom. The summed E-state index contributed by atoms with van der Waals surface area (Å²) in [4.78, 5) is 1.19. The van der Waals surface area contributed by atoms with E-state index in [-0.39, 0.29) is 5.75 Å². The molecular formula is C10H11ClO2S2. The zero-order valence-electron chi connectivity index (χ0n) is 8.23. The number of rotatable bonds is 2. The topological polar surface area (TPSA) is 34.1 Å². The van der Waals surface area contributed by atoms with Crippen molar-refractivity contribution in [2.24, 2.45) is 0 Å². The lowest BCUT2D eigenvalue weighted by molar-refractivity contribution is 0.609. The molecular weight excluding hydrogens is 252 g/mol. The molecule has 0 saturated heterocycles. The Balaban J connectivity index is 2.28. The first-order valence-electron chi connectivity index (χ1n) is 4.65. The molecule has 1 heterocycles. The molecule has 1 aromatic rings. The van der Waals surface area contributed by atoms with Crippen LogP contribution in [0.1, 0.15) is 18.1 Å². The quantitative estimate of drug-likeness (QED) is 0.769. The van der Waals surface area contributed by atoms with E-state index in [1.807, 2.05) is 18.2 Å². The summed E-state index contributed by atoms with van der Waals surface area (Å²) in [7, 11) is 1.77. The lowest BCUT2D eigenvalue weighted by atomic mass is 10.1. The number of hydrogen-bond donors (Lipinski definition) is 0. The number of thioether (sulfide) groups is 1. The second kappa shape index (κ2) is 4.00. The van der Waals surface area contributed by atoms with Crippen molar-refractivity contribution in [1.82, 2.24) is 0 Å². The van der Waals surface area contributed by atoms with Gasteiger partial charge in [0, 0.05) is 20.8 Å². The third-order valence-corrected chi connectivity index (χ3v) is 4.51. The highest BCUT2D eigenvalue weighted by atomic mass is 35.7. The van der Waals surface area contributed by atoms with Crippen molar-refractivity contribution in [2.45, 2.75) is 29.2 Å². The van der Waals surface area contributed by atoms with E-state index in [1.54, 1.807) is 11.8 Å². The molecule has 0 spiro atoms. The summed E-state index contributed by atoms with van der Waals surface area (Å²) >= 11 is 1.79. The average molecular weight is 263 g/mol. The van der Waals surface area contributed by atoms with Crippen LogP contribution in [0.25, 0.3) is 0 Å². The van der Waals surface area contributed by atoms with Crippen LogP contribution in [-0.4, -0.2) is 13.7 Å². The van der Waals surface area contributed by atoms with E-state index in [2.05, 4.69) is 6.92 Å². The number of halogens is 1. The summed E-state index contributed by atoms with van der Waals surface area (Å²) in [6, 6.07) is 5.78. The Kier molecular flexibility index (Phi) is 3.01. The lowest BCUT2D eigenvalue weighted by Gasteiger charge is -2.01. The van der Waals surface area contributed by atoms with Crippen molar-refractivity contribution in [3.63, 3.8) is 0 Å². The van der Waals surface area contributed by atoms with Gasteiger partial charge in [0.15, 0.2) is 0 Å². The summed E-state index contributed by atoms with van der Waals surface area (Å²) in [6.45, 7) is 2.17. The second-order valence-corrected chi connectivity index (χ2v) is 8.02. The second-order valence-electron chi connectivity index (χ2n) is 3.76. The Hall–Kier alpha value is -0.190. The van der Waals surface area contributed by atoms with Crippen LogP contribution < -0.4 is 0 Å². The third-order valence-electron chi connectivity index (χ3n) is 2.31. The van der Waals surface area contributed by atoms with Crippen molar-refractivity contribution in [3.8, 4) is 0 Å². The zero-order chi connectivity index (χ0) is 11.1. The van der Waals surface area contributed by atoms with Gasteiger partial charge in [-0.3, -0.25) is 0 Å².